The van der Waals surface area contributed by atoms with Crippen molar-refractivity contribution >= 4 is 10.9 Å². The fourth-order valence-corrected chi connectivity index (χ4v) is 6.13. The van der Waals surface area contributed by atoms with Gasteiger partial charge in [-0.3, -0.25) is 0 Å². The lowest BCUT2D eigenvalue weighted by Gasteiger charge is -2.56. The molecule has 1 saturated carbocycles. The van der Waals surface area contributed by atoms with E-state index in [1.54, 1.807) is 6.92 Å². The Kier molecular flexibility index (Phi) is 5.45. The van der Waals surface area contributed by atoms with Crippen LogP contribution in [0.25, 0.3) is 16.6 Å². The molecule has 1 spiro atoms. The molecule has 6 heteroatoms. The second kappa shape index (κ2) is 8.44. The lowest BCUT2D eigenvalue weighted by Crippen LogP contribution is -2.56. The molecule has 186 valence electrons. The Bertz CT molecular complexity index is 1440. The molecule has 2 N–H and O–H groups in total. The summed E-state index contributed by atoms with van der Waals surface area (Å²) in [5, 5.41) is 21.1. The Morgan fingerprint density at radius 1 is 1.06 bits per heavy atom. The number of hydrogen-bond acceptors (Lipinski definition) is 4. The van der Waals surface area contributed by atoms with E-state index in [1.807, 2.05) is 61.5 Å². The van der Waals surface area contributed by atoms with Crippen LogP contribution in [0.15, 0.2) is 66.7 Å². The van der Waals surface area contributed by atoms with Crippen molar-refractivity contribution in [2.75, 3.05) is 6.61 Å². The molecule has 36 heavy (non-hydrogen) atoms. The van der Waals surface area contributed by atoms with Crippen LogP contribution in [0.4, 0.5) is 4.39 Å². The zero-order valence-corrected chi connectivity index (χ0v) is 20.5. The van der Waals surface area contributed by atoms with E-state index in [1.165, 1.54) is 6.07 Å². The van der Waals surface area contributed by atoms with Crippen LogP contribution in [-0.4, -0.2) is 27.7 Å². The highest BCUT2D eigenvalue weighted by molar-refractivity contribution is 5.94. The summed E-state index contributed by atoms with van der Waals surface area (Å²) in [6.45, 7) is 4.61. The Morgan fingerprint density at radius 2 is 1.83 bits per heavy atom. The van der Waals surface area contributed by atoms with Crippen LogP contribution in [0, 0.1) is 18.2 Å². The quantitative estimate of drug-likeness (QED) is 0.363. The predicted molar refractivity (Wildman–Crippen MR) is 136 cm³/mol. The third kappa shape index (κ3) is 3.55. The Labute approximate surface area is 209 Å². The molecule has 0 amide bonds. The first-order valence-corrected chi connectivity index (χ1v) is 12.4. The number of aliphatic hydroxyl groups excluding tert-OH is 1. The minimum absolute atomic E-state index is 0.234. The van der Waals surface area contributed by atoms with Gasteiger partial charge in [0.2, 0.25) is 0 Å². The SMILES string of the molecule is Cc1cc(-n2c3c(c4c(OCc5ccccc5)cccc42)C2(CC(C)(C(O)O)C2)OCC3)ccc1F. The molecule has 1 aromatic heterocycles. The lowest BCUT2D eigenvalue weighted by atomic mass is 9.56. The third-order valence-corrected chi connectivity index (χ3v) is 7.87. The van der Waals surface area contributed by atoms with Crippen molar-refractivity contribution in [3.8, 4) is 11.4 Å². The minimum atomic E-state index is -1.42. The van der Waals surface area contributed by atoms with E-state index >= 15 is 0 Å². The molecule has 0 radical (unpaired) electrons. The maximum absolute atomic E-state index is 14.2. The number of rotatable bonds is 5. The van der Waals surface area contributed by atoms with E-state index in [9.17, 15) is 14.6 Å². The highest BCUT2D eigenvalue weighted by Gasteiger charge is 2.60. The third-order valence-electron chi connectivity index (χ3n) is 7.87. The van der Waals surface area contributed by atoms with Gasteiger partial charge in [0.05, 0.1) is 17.7 Å². The first kappa shape index (κ1) is 23.2. The summed E-state index contributed by atoms with van der Waals surface area (Å²) < 4.78 is 29.2. The number of halogens is 1. The number of fused-ring (bicyclic) bond motifs is 4. The molecule has 0 atom stereocenters. The molecule has 1 aliphatic heterocycles. The number of aliphatic hydroxyl groups is 2. The van der Waals surface area contributed by atoms with Gasteiger partial charge in [0.1, 0.15) is 18.2 Å². The summed E-state index contributed by atoms with van der Waals surface area (Å²) in [5.41, 5.74) is 4.40. The van der Waals surface area contributed by atoms with Crippen molar-refractivity contribution in [2.24, 2.45) is 5.41 Å². The second-order valence-corrected chi connectivity index (χ2v) is 10.5. The van der Waals surface area contributed by atoms with Crippen molar-refractivity contribution in [1.82, 2.24) is 4.57 Å². The smallest absolute Gasteiger partial charge is 0.157 e. The van der Waals surface area contributed by atoms with Gasteiger partial charge in [-0.2, -0.15) is 0 Å². The van der Waals surface area contributed by atoms with Gasteiger partial charge >= 0.3 is 0 Å². The molecule has 5 nitrogen and oxygen atoms in total. The van der Waals surface area contributed by atoms with Crippen molar-refractivity contribution in [3.05, 3.63) is 94.9 Å². The number of aromatic nitrogens is 1. The summed E-state index contributed by atoms with van der Waals surface area (Å²) in [6, 6.07) is 21.3. The molecule has 3 aromatic carbocycles. The molecular formula is C30H30FNO4. The predicted octanol–water partition coefficient (Wildman–Crippen LogP) is 5.54. The van der Waals surface area contributed by atoms with E-state index in [0.29, 0.717) is 38.0 Å². The van der Waals surface area contributed by atoms with Crippen molar-refractivity contribution in [3.63, 3.8) is 0 Å². The van der Waals surface area contributed by atoms with Gasteiger partial charge in [-0.25, -0.2) is 4.39 Å². The topological polar surface area (TPSA) is 63.9 Å². The number of nitrogens with zero attached hydrogens (tertiary/aromatic N) is 1. The monoisotopic (exact) mass is 487 g/mol. The van der Waals surface area contributed by atoms with Gasteiger partial charge in [0.15, 0.2) is 6.29 Å². The zero-order valence-electron chi connectivity index (χ0n) is 20.5. The normalized spacial score (nSPS) is 23.2. The molecule has 2 heterocycles. The van der Waals surface area contributed by atoms with Crippen LogP contribution in [-0.2, 0) is 23.4 Å². The van der Waals surface area contributed by atoms with Gasteiger partial charge in [-0.1, -0.05) is 43.3 Å². The molecule has 0 saturated heterocycles. The maximum Gasteiger partial charge on any atom is 0.157 e. The lowest BCUT2D eigenvalue weighted by molar-refractivity contribution is -0.253. The van der Waals surface area contributed by atoms with Crippen LogP contribution < -0.4 is 4.74 Å². The van der Waals surface area contributed by atoms with Gasteiger partial charge in [0, 0.05) is 34.2 Å². The van der Waals surface area contributed by atoms with E-state index in [-0.39, 0.29) is 5.82 Å². The first-order chi connectivity index (χ1) is 17.3. The molecule has 0 bridgehead atoms. The van der Waals surface area contributed by atoms with Gasteiger partial charge in [0.25, 0.3) is 0 Å². The maximum atomic E-state index is 14.2. The second-order valence-electron chi connectivity index (χ2n) is 10.5. The minimum Gasteiger partial charge on any atom is -0.488 e. The Morgan fingerprint density at radius 3 is 2.56 bits per heavy atom. The van der Waals surface area contributed by atoms with Crippen LogP contribution in [0.5, 0.6) is 5.75 Å². The van der Waals surface area contributed by atoms with Crippen LogP contribution >= 0.6 is 0 Å². The Hall–Kier alpha value is -3.19. The molecule has 4 aromatic rings. The summed E-state index contributed by atoms with van der Waals surface area (Å²) in [6.07, 6.45) is 0.274. The molecule has 6 rings (SSSR count). The fraction of sp³-hybridized carbons (Fsp3) is 0.333. The van der Waals surface area contributed by atoms with Crippen LogP contribution in [0.1, 0.15) is 42.1 Å². The molecular weight excluding hydrogens is 457 g/mol. The standard InChI is InChI=1S/C30H30FNO4/c1-19-15-21(11-12-22(19)31)32-23-9-6-10-25(35-16-20-7-4-3-5-8-20)26(23)27-24(32)13-14-36-30(27)17-29(2,18-30)28(33)34/h3-12,15,28,33-34H,13-14,16-18H2,1-2H3. The zero-order chi connectivity index (χ0) is 25.1. The summed E-state index contributed by atoms with van der Waals surface area (Å²) in [7, 11) is 0. The van der Waals surface area contributed by atoms with E-state index in [2.05, 4.69) is 10.6 Å². The molecule has 1 aliphatic carbocycles. The summed E-state index contributed by atoms with van der Waals surface area (Å²) in [5.74, 6) is 0.524. The van der Waals surface area contributed by atoms with Crippen molar-refractivity contribution in [1.29, 1.82) is 0 Å². The average Bonchev–Trinajstić information content (AvgIpc) is 3.20. The largest absolute Gasteiger partial charge is 0.488 e. The first-order valence-electron chi connectivity index (χ1n) is 12.4. The molecule has 2 aliphatic rings. The highest BCUT2D eigenvalue weighted by Crippen LogP contribution is 2.62. The van der Waals surface area contributed by atoms with Gasteiger partial charge < -0.3 is 24.3 Å². The average molecular weight is 488 g/mol. The van der Waals surface area contributed by atoms with E-state index in [4.69, 9.17) is 9.47 Å². The van der Waals surface area contributed by atoms with Crippen molar-refractivity contribution in [2.45, 2.75) is 51.6 Å². The number of ether oxygens (including phenoxy) is 2. The van der Waals surface area contributed by atoms with Crippen LogP contribution in [0.2, 0.25) is 0 Å². The summed E-state index contributed by atoms with van der Waals surface area (Å²) in [4.78, 5) is 0. The number of benzene rings is 3. The number of aryl methyl sites for hydroxylation is 1. The highest BCUT2D eigenvalue weighted by atomic mass is 19.1. The van der Waals surface area contributed by atoms with Crippen LogP contribution in [0.3, 0.4) is 0 Å². The Balaban J connectivity index is 1.55. The summed E-state index contributed by atoms with van der Waals surface area (Å²) >= 11 is 0. The molecule has 0 unspecified atom stereocenters. The fourth-order valence-electron chi connectivity index (χ4n) is 6.13. The van der Waals surface area contributed by atoms with Gasteiger partial charge in [-0.05, 0) is 61.2 Å². The van der Waals surface area contributed by atoms with Gasteiger partial charge in [-0.15, -0.1) is 0 Å². The van der Waals surface area contributed by atoms with Crippen molar-refractivity contribution < 1.29 is 24.1 Å². The number of hydrogen-bond donors (Lipinski definition) is 2. The van der Waals surface area contributed by atoms with E-state index < -0.39 is 17.3 Å². The van der Waals surface area contributed by atoms with E-state index in [0.717, 1.165) is 39.2 Å². The molecule has 1 fully saturated rings.